The zero-order valence-electron chi connectivity index (χ0n) is 13.9. The lowest BCUT2D eigenvalue weighted by Crippen LogP contribution is -2.04. The Balaban J connectivity index is 2.14. The largest absolute Gasteiger partial charge is 0.489 e. The number of hydrogen-bond donors (Lipinski definition) is 2. The van der Waals surface area contributed by atoms with Gasteiger partial charge in [0.2, 0.25) is 0 Å². The molecule has 4 heteroatoms. The smallest absolute Gasteiger partial charge is 0.168 e. The van der Waals surface area contributed by atoms with E-state index in [2.05, 4.69) is 13.2 Å². The van der Waals surface area contributed by atoms with Crippen molar-refractivity contribution in [2.45, 2.75) is 0 Å². The fourth-order valence-corrected chi connectivity index (χ4v) is 2.29. The molecule has 0 amide bonds. The highest BCUT2D eigenvalue weighted by molar-refractivity contribution is 6.36. The number of rotatable bonds is 8. The van der Waals surface area contributed by atoms with Crippen LogP contribution in [0.25, 0.3) is 11.1 Å². The normalized spacial score (nSPS) is 10.8. The first kappa shape index (κ1) is 17.9. The van der Waals surface area contributed by atoms with E-state index >= 15 is 0 Å². The van der Waals surface area contributed by atoms with Crippen molar-refractivity contribution in [1.29, 1.82) is 5.41 Å². The van der Waals surface area contributed by atoms with Gasteiger partial charge in [-0.25, -0.2) is 0 Å². The van der Waals surface area contributed by atoms with Crippen LogP contribution < -0.4 is 10.5 Å². The molecule has 2 aromatic rings. The van der Waals surface area contributed by atoms with Gasteiger partial charge in [-0.3, -0.25) is 10.2 Å². The van der Waals surface area contributed by atoms with E-state index in [1.54, 1.807) is 24.3 Å². The first-order valence-electron chi connectivity index (χ1n) is 7.70. The molecule has 2 rings (SSSR count). The lowest BCUT2D eigenvalue weighted by Gasteiger charge is -2.09. The van der Waals surface area contributed by atoms with Gasteiger partial charge in [0, 0.05) is 11.3 Å². The molecular weight excluding hydrogens is 312 g/mol. The minimum absolute atomic E-state index is 0.126. The molecule has 0 unspecified atom stereocenters. The van der Waals surface area contributed by atoms with Gasteiger partial charge in [-0.1, -0.05) is 55.7 Å². The van der Waals surface area contributed by atoms with E-state index in [0.29, 0.717) is 24.1 Å². The number of hydrogen-bond acceptors (Lipinski definition) is 4. The molecule has 0 spiro atoms. The Morgan fingerprint density at radius 2 is 1.80 bits per heavy atom. The zero-order chi connectivity index (χ0) is 18.2. The highest BCUT2D eigenvalue weighted by atomic mass is 16.5. The number of nitrogens with two attached hydrogens (primary N) is 1. The van der Waals surface area contributed by atoms with Crippen molar-refractivity contribution < 1.29 is 9.53 Å². The Morgan fingerprint density at radius 3 is 2.36 bits per heavy atom. The third-order valence-electron chi connectivity index (χ3n) is 3.65. The van der Waals surface area contributed by atoms with Crippen LogP contribution in [0.1, 0.15) is 5.56 Å². The molecule has 4 nitrogen and oxygen atoms in total. The molecule has 0 aliphatic rings. The second-order valence-corrected chi connectivity index (χ2v) is 5.33. The predicted octanol–water partition coefficient (Wildman–Crippen LogP) is 4.18. The Labute approximate surface area is 147 Å². The molecule has 0 radical (unpaired) electrons. The summed E-state index contributed by atoms with van der Waals surface area (Å²) in [7, 11) is 0. The third-order valence-corrected chi connectivity index (χ3v) is 3.65. The van der Waals surface area contributed by atoms with E-state index < -0.39 is 0 Å². The first-order valence-corrected chi connectivity index (χ1v) is 7.70. The van der Waals surface area contributed by atoms with Crippen molar-refractivity contribution >= 4 is 17.7 Å². The number of nitrogen functional groups attached to an aromatic ring is 1. The molecule has 3 N–H and O–H groups in total. The van der Waals surface area contributed by atoms with Crippen LogP contribution in [0.4, 0.5) is 5.69 Å². The van der Waals surface area contributed by atoms with Crippen LogP contribution in [-0.2, 0) is 4.79 Å². The quantitative estimate of drug-likeness (QED) is 0.329. The van der Waals surface area contributed by atoms with Crippen molar-refractivity contribution in [2.75, 3.05) is 12.3 Å². The summed E-state index contributed by atoms with van der Waals surface area (Å²) >= 11 is 0. The number of carbonyl (C=O) groups is 1. The Hall–Kier alpha value is -3.40. The first-order chi connectivity index (χ1) is 12.1. The summed E-state index contributed by atoms with van der Waals surface area (Å²) in [5.41, 5.74) is 9.47. The van der Waals surface area contributed by atoms with Crippen molar-refractivity contribution in [3.05, 3.63) is 85.0 Å². The minimum atomic E-state index is -0.126. The van der Waals surface area contributed by atoms with Gasteiger partial charge in [-0.2, -0.15) is 0 Å². The molecule has 126 valence electrons. The van der Waals surface area contributed by atoms with E-state index in [9.17, 15) is 4.79 Å². The number of benzene rings is 2. The van der Waals surface area contributed by atoms with Crippen molar-refractivity contribution in [3.8, 4) is 16.9 Å². The SMILES string of the molecule is C=C/C=C(\C=C)COc1ccc(-c2ccc(C(=N)C=O)c(N)c2)cc1. The number of allylic oxidation sites excluding steroid dienone is 2. The summed E-state index contributed by atoms with van der Waals surface area (Å²) in [5.74, 6) is 0.743. The van der Waals surface area contributed by atoms with Gasteiger partial charge < -0.3 is 10.5 Å². The maximum atomic E-state index is 10.7. The summed E-state index contributed by atoms with van der Waals surface area (Å²) in [6.07, 6.45) is 5.76. The maximum absolute atomic E-state index is 10.7. The van der Waals surface area contributed by atoms with Gasteiger partial charge in [0.1, 0.15) is 18.1 Å². The van der Waals surface area contributed by atoms with E-state index in [0.717, 1.165) is 22.4 Å². The average molecular weight is 332 g/mol. The van der Waals surface area contributed by atoms with E-state index in [4.69, 9.17) is 15.9 Å². The number of ether oxygens (including phenoxy) is 1. The monoisotopic (exact) mass is 332 g/mol. The molecule has 0 bridgehead atoms. The summed E-state index contributed by atoms with van der Waals surface area (Å²) in [6.45, 7) is 7.81. The number of aldehydes is 1. The Kier molecular flexibility index (Phi) is 6.07. The summed E-state index contributed by atoms with van der Waals surface area (Å²) in [5, 5.41) is 7.57. The molecule has 0 aliphatic carbocycles. The summed E-state index contributed by atoms with van der Waals surface area (Å²) in [6, 6.07) is 12.9. The van der Waals surface area contributed by atoms with Crippen LogP contribution in [0.3, 0.4) is 0 Å². The number of carbonyl (C=O) groups excluding carboxylic acids is 1. The number of nitrogens with one attached hydrogen (secondary N) is 1. The topological polar surface area (TPSA) is 76.2 Å². The predicted molar refractivity (Wildman–Crippen MR) is 103 cm³/mol. The number of anilines is 1. The molecule has 0 fully saturated rings. The van der Waals surface area contributed by atoms with E-state index in [1.165, 1.54) is 0 Å². The van der Waals surface area contributed by atoms with Gasteiger partial charge in [-0.05, 0) is 34.9 Å². The Morgan fingerprint density at radius 1 is 1.12 bits per heavy atom. The molecule has 0 saturated heterocycles. The maximum Gasteiger partial charge on any atom is 0.168 e. The van der Waals surface area contributed by atoms with Gasteiger partial charge in [0.25, 0.3) is 0 Å². The average Bonchev–Trinajstić information content (AvgIpc) is 2.64. The fraction of sp³-hybridized carbons (Fsp3) is 0.0476. The van der Waals surface area contributed by atoms with Crippen LogP contribution in [0.2, 0.25) is 0 Å². The molecule has 25 heavy (non-hydrogen) atoms. The van der Waals surface area contributed by atoms with Crippen molar-refractivity contribution in [1.82, 2.24) is 0 Å². The molecule has 0 heterocycles. The highest BCUT2D eigenvalue weighted by Crippen LogP contribution is 2.26. The highest BCUT2D eigenvalue weighted by Gasteiger charge is 2.07. The van der Waals surface area contributed by atoms with Crippen LogP contribution >= 0.6 is 0 Å². The molecule has 0 atom stereocenters. The summed E-state index contributed by atoms with van der Waals surface area (Å²) in [4.78, 5) is 10.7. The third kappa shape index (κ3) is 4.54. The molecule has 0 aromatic heterocycles. The second-order valence-electron chi connectivity index (χ2n) is 5.33. The van der Waals surface area contributed by atoms with Crippen LogP contribution in [0, 0.1) is 5.41 Å². The summed E-state index contributed by atoms with van der Waals surface area (Å²) < 4.78 is 5.71. The molecule has 2 aromatic carbocycles. The van der Waals surface area contributed by atoms with Crippen LogP contribution in [0.15, 0.2) is 79.4 Å². The van der Waals surface area contributed by atoms with Crippen LogP contribution in [0.5, 0.6) is 5.75 Å². The van der Waals surface area contributed by atoms with Crippen molar-refractivity contribution in [3.63, 3.8) is 0 Å². The van der Waals surface area contributed by atoms with E-state index in [-0.39, 0.29) is 5.71 Å². The van der Waals surface area contributed by atoms with Gasteiger partial charge in [0.15, 0.2) is 6.29 Å². The lowest BCUT2D eigenvalue weighted by atomic mass is 10.0. The van der Waals surface area contributed by atoms with Gasteiger partial charge in [-0.15, -0.1) is 0 Å². The second kappa shape index (κ2) is 8.45. The van der Waals surface area contributed by atoms with Crippen molar-refractivity contribution in [2.24, 2.45) is 0 Å². The minimum Gasteiger partial charge on any atom is -0.489 e. The molecule has 0 saturated carbocycles. The molecule has 0 aliphatic heterocycles. The van der Waals surface area contributed by atoms with Gasteiger partial charge >= 0.3 is 0 Å². The van der Waals surface area contributed by atoms with Crippen LogP contribution in [-0.4, -0.2) is 18.6 Å². The fourth-order valence-electron chi connectivity index (χ4n) is 2.29. The Bertz CT molecular complexity index is 833. The molecular formula is C21H20N2O2. The zero-order valence-corrected chi connectivity index (χ0v) is 13.9. The standard InChI is InChI=1S/C21H20N2O2/c1-3-5-15(4-2)14-25-18-9-6-16(7-10-18)17-8-11-19(20(22)12-17)21(23)13-24/h3-13,23H,1-2,14,22H2/b15-5+,23-21?. The lowest BCUT2D eigenvalue weighted by molar-refractivity contribution is -0.102. The van der Waals surface area contributed by atoms with Gasteiger partial charge in [0.05, 0.1) is 0 Å². The van der Waals surface area contributed by atoms with E-state index in [1.807, 2.05) is 36.4 Å².